The van der Waals surface area contributed by atoms with Crippen LogP contribution in [0.3, 0.4) is 0 Å². The van der Waals surface area contributed by atoms with Crippen molar-refractivity contribution in [2.24, 2.45) is 11.8 Å². The molecule has 1 fully saturated rings. The van der Waals surface area contributed by atoms with E-state index in [2.05, 4.69) is 21.3 Å². The third kappa shape index (κ3) is 10.7. The normalized spacial score (nSPS) is 17.5. The lowest BCUT2D eigenvalue weighted by Gasteiger charge is -2.28. The molecule has 4 amide bonds. The molecule has 0 saturated carbocycles. The molecule has 11 heteroatoms. The lowest BCUT2D eigenvalue weighted by Crippen LogP contribution is -2.53. The molecule has 1 aromatic rings. The van der Waals surface area contributed by atoms with Crippen LogP contribution in [0.5, 0.6) is 0 Å². The molecule has 0 radical (unpaired) electrons. The SMILES string of the molecule is CCOC(=O)C=C[C@H](C[C@@H]1CCNC1=O)NC(=O)[C@@H](NC(=O)[C@@H](NC(=O)OC(C)(C)C)C(C)C)c1ccccc1. The highest BCUT2D eigenvalue weighted by Gasteiger charge is 2.33. The second-order valence-corrected chi connectivity index (χ2v) is 11.0. The van der Waals surface area contributed by atoms with E-state index < -0.39 is 47.6 Å². The fraction of sp³-hybridized carbons (Fsp3) is 0.552. The molecule has 40 heavy (non-hydrogen) atoms. The van der Waals surface area contributed by atoms with Crippen LogP contribution in [-0.2, 0) is 28.7 Å². The van der Waals surface area contributed by atoms with Crippen LogP contribution in [0.15, 0.2) is 42.5 Å². The second kappa shape index (κ2) is 15.0. The second-order valence-electron chi connectivity index (χ2n) is 11.0. The predicted octanol–water partition coefficient (Wildman–Crippen LogP) is 2.52. The maximum atomic E-state index is 13.6. The summed E-state index contributed by atoms with van der Waals surface area (Å²) >= 11 is 0. The molecule has 0 spiro atoms. The Morgan fingerprint density at radius 3 is 2.27 bits per heavy atom. The number of esters is 1. The summed E-state index contributed by atoms with van der Waals surface area (Å²) in [6.07, 6.45) is 2.83. The van der Waals surface area contributed by atoms with Gasteiger partial charge in [-0.3, -0.25) is 14.4 Å². The Balaban J connectivity index is 2.28. The van der Waals surface area contributed by atoms with Crippen LogP contribution in [0.4, 0.5) is 4.79 Å². The number of benzene rings is 1. The van der Waals surface area contributed by atoms with Crippen LogP contribution in [0.25, 0.3) is 0 Å². The number of ether oxygens (including phenoxy) is 2. The molecule has 4 atom stereocenters. The van der Waals surface area contributed by atoms with Gasteiger partial charge in [0.25, 0.3) is 0 Å². The molecule has 0 bridgehead atoms. The van der Waals surface area contributed by atoms with Gasteiger partial charge in [0.1, 0.15) is 17.7 Å². The van der Waals surface area contributed by atoms with Gasteiger partial charge in [0.2, 0.25) is 17.7 Å². The Kier molecular flexibility index (Phi) is 12.2. The van der Waals surface area contributed by atoms with E-state index in [9.17, 15) is 24.0 Å². The first-order chi connectivity index (χ1) is 18.8. The first-order valence-electron chi connectivity index (χ1n) is 13.6. The maximum Gasteiger partial charge on any atom is 0.408 e. The Morgan fingerprint density at radius 2 is 1.73 bits per heavy atom. The summed E-state index contributed by atoms with van der Waals surface area (Å²) < 4.78 is 10.3. The van der Waals surface area contributed by atoms with Crippen molar-refractivity contribution >= 4 is 29.8 Å². The molecule has 1 aromatic carbocycles. The first kappa shape index (κ1) is 32.3. The van der Waals surface area contributed by atoms with E-state index in [4.69, 9.17) is 9.47 Å². The van der Waals surface area contributed by atoms with E-state index in [0.29, 0.717) is 18.5 Å². The first-order valence-corrected chi connectivity index (χ1v) is 13.6. The van der Waals surface area contributed by atoms with Gasteiger partial charge in [0.15, 0.2) is 0 Å². The zero-order valence-electron chi connectivity index (χ0n) is 24.1. The minimum absolute atomic E-state index is 0.121. The summed E-state index contributed by atoms with van der Waals surface area (Å²) in [6.45, 7) is 11.1. The molecular weight excluding hydrogens is 516 g/mol. The fourth-order valence-electron chi connectivity index (χ4n) is 4.16. The Hall–Kier alpha value is -3.89. The smallest absolute Gasteiger partial charge is 0.408 e. The highest BCUT2D eigenvalue weighted by molar-refractivity contribution is 5.92. The van der Waals surface area contributed by atoms with Crippen molar-refractivity contribution in [1.82, 2.24) is 21.3 Å². The molecule has 1 aliphatic rings. The van der Waals surface area contributed by atoms with Gasteiger partial charge in [0, 0.05) is 24.6 Å². The average molecular weight is 559 g/mol. The number of amides is 4. The van der Waals surface area contributed by atoms with Crippen molar-refractivity contribution in [3.8, 4) is 0 Å². The van der Waals surface area contributed by atoms with Gasteiger partial charge in [-0.25, -0.2) is 9.59 Å². The minimum atomic E-state index is -1.12. The Labute approximate surface area is 235 Å². The highest BCUT2D eigenvalue weighted by atomic mass is 16.6. The minimum Gasteiger partial charge on any atom is -0.463 e. The monoisotopic (exact) mass is 558 g/mol. The van der Waals surface area contributed by atoms with Crippen LogP contribution >= 0.6 is 0 Å². The van der Waals surface area contributed by atoms with E-state index in [1.54, 1.807) is 71.9 Å². The van der Waals surface area contributed by atoms with Gasteiger partial charge < -0.3 is 30.7 Å². The zero-order chi connectivity index (χ0) is 29.9. The van der Waals surface area contributed by atoms with Crippen molar-refractivity contribution in [1.29, 1.82) is 0 Å². The third-order valence-electron chi connectivity index (χ3n) is 6.08. The number of hydrogen-bond donors (Lipinski definition) is 4. The number of hydrogen-bond acceptors (Lipinski definition) is 7. The van der Waals surface area contributed by atoms with Crippen LogP contribution in [-0.4, -0.2) is 60.6 Å². The van der Waals surface area contributed by atoms with E-state index in [1.807, 2.05) is 0 Å². The molecule has 0 unspecified atom stereocenters. The quantitative estimate of drug-likeness (QED) is 0.227. The van der Waals surface area contributed by atoms with Crippen molar-refractivity contribution < 1.29 is 33.4 Å². The van der Waals surface area contributed by atoms with Gasteiger partial charge in [0.05, 0.1) is 6.61 Å². The standard InChI is InChI=1S/C29H42N4O7/c1-7-39-22(34)14-13-21(17-20-15-16-30-25(20)35)31-27(37)24(19-11-9-8-10-12-19)32-26(36)23(18(2)3)33-28(38)40-29(4,5)6/h8-14,18,20-21,23-24H,7,15-17H2,1-6H3,(H,30,35)(H,31,37)(H,32,36)(H,33,38)/t20-,21+,23-,24-/m0/s1. The number of carbonyl (C=O) groups excluding carboxylic acids is 5. The van der Waals surface area contributed by atoms with E-state index in [-0.39, 0.29) is 30.8 Å². The number of nitrogens with one attached hydrogen (secondary N) is 4. The number of alkyl carbamates (subject to hydrolysis) is 1. The van der Waals surface area contributed by atoms with Crippen molar-refractivity contribution in [3.63, 3.8) is 0 Å². The molecular formula is C29H42N4O7. The van der Waals surface area contributed by atoms with Gasteiger partial charge in [-0.15, -0.1) is 0 Å². The molecule has 2 rings (SSSR count). The van der Waals surface area contributed by atoms with E-state index in [1.165, 1.54) is 12.2 Å². The molecule has 11 nitrogen and oxygen atoms in total. The topological polar surface area (TPSA) is 152 Å². The summed E-state index contributed by atoms with van der Waals surface area (Å²) in [4.78, 5) is 63.6. The van der Waals surface area contributed by atoms with Gasteiger partial charge in [-0.2, -0.15) is 0 Å². The van der Waals surface area contributed by atoms with Gasteiger partial charge in [-0.05, 0) is 52.0 Å². The van der Waals surface area contributed by atoms with Crippen LogP contribution in [0.2, 0.25) is 0 Å². The summed E-state index contributed by atoms with van der Waals surface area (Å²) in [5, 5.41) is 11.0. The van der Waals surface area contributed by atoms with Crippen LogP contribution < -0.4 is 21.3 Å². The van der Waals surface area contributed by atoms with E-state index in [0.717, 1.165) is 0 Å². The largest absolute Gasteiger partial charge is 0.463 e. The molecule has 1 aliphatic heterocycles. The maximum absolute atomic E-state index is 13.6. The Morgan fingerprint density at radius 1 is 1.05 bits per heavy atom. The molecule has 1 saturated heterocycles. The summed E-state index contributed by atoms with van der Waals surface area (Å²) in [5.74, 6) is -2.46. The summed E-state index contributed by atoms with van der Waals surface area (Å²) in [6, 6.07) is 5.87. The highest BCUT2D eigenvalue weighted by Crippen LogP contribution is 2.19. The number of carbonyl (C=O) groups is 5. The average Bonchev–Trinajstić information content (AvgIpc) is 3.27. The Bertz CT molecular complexity index is 1070. The summed E-state index contributed by atoms with van der Waals surface area (Å²) in [5.41, 5.74) is -0.239. The van der Waals surface area contributed by atoms with Crippen molar-refractivity contribution in [2.75, 3.05) is 13.2 Å². The van der Waals surface area contributed by atoms with E-state index >= 15 is 0 Å². The molecule has 4 N–H and O–H groups in total. The zero-order valence-corrected chi connectivity index (χ0v) is 24.1. The fourth-order valence-corrected chi connectivity index (χ4v) is 4.16. The van der Waals surface area contributed by atoms with Crippen LogP contribution in [0.1, 0.15) is 66.0 Å². The predicted molar refractivity (Wildman–Crippen MR) is 149 cm³/mol. The lowest BCUT2D eigenvalue weighted by molar-refractivity contribution is -0.137. The molecule has 0 aromatic heterocycles. The lowest BCUT2D eigenvalue weighted by atomic mass is 9.97. The number of rotatable bonds is 12. The molecule has 1 heterocycles. The third-order valence-corrected chi connectivity index (χ3v) is 6.08. The van der Waals surface area contributed by atoms with Crippen molar-refractivity contribution in [2.45, 2.75) is 78.1 Å². The van der Waals surface area contributed by atoms with Crippen LogP contribution in [0, 0.1) is 11.8 Å². The van der Waals surface area contributed by atoms with Gasteiger partial charge >= 0.3 is 12.1 Å². The molecule has 220 valence electrons. The molecule has 0 aliphatic carbocycles. The summed E-state index contributed by atoms with van der Waals surface area (Å²) in [7, 11) is 0. The van der Waals surface area contributed by atoms with Gasteiger partial charge in [-0.1, -0.05) is 50.3 Å². The van der Waals surface area contributed by atoms with Crippen molar-refractivity contribution in [3.05, 3.63) is 48.0 Å².